The van der Waals surface area contributed by atoms with Crippen molar-refractivity contribution in [2.75, 3.05) is 13.1 Å². The van der Waals surface area contributed by atoms with Crippen molar-refractivity contribution < 1.29 is 27.9 Å². The minimum absolute atomic E-state index is 0.0597. The van der Waals surface area contributed by atoms with Crippen LogP contribution in [-0.4, -0.2) is 42.4 Å². The molecule has 0 radical (unpaired) electrons. The van der Waals surface area contributed by atoms with E-state index in [1.807, 2.05) is 13.8 Å². The molecule has 1 fully saturated rings. The topological polar surface area (TPSA) is 87.7 Å². The van der Waals surface area contributed by atoms with Crippen LogP contribution in [-0.2, 0) is 15.1 Å². The van der Waals surface area contributed by atoms with Gasteiger partial charge in [0.2, 0.25) is 5.91 Å². The maximum Gasteiger partial charge on any atom is 0.387 e. The molecule has 7 nitrogen and oxygen atoms in total. The maximum absolute atomic E-state index is 12.7. The molecule has 2 N–H and O–H groups in total. The van der Waals surface area contributed by atoms with Gasteiger partial charge >= 0.3 is 12.6 Å². The molecule has 27 heavy (non-hydrogen) atoms. The van der Waals surface area contributed by atoms with Crippen LogP contribution < -0.4 is 15.4 Å². The van der Waals surface area contributed by atoms with E-state index in [-0.39, 0.29) is 12.3 Å². The Labute approximate surface area is 156 Å². The molecule has 1 saturated heterocycles. The molecule has 148 valence electrons. The monoisotopic (exact) mass is 383 g/mol. The maximum atomic E-state index is 12.7. The van der Waals surface area contributed by atoms with E-state index in [0.29, 0.717) is 18.0 Å². The zero-order valence-electron chi connectivity index (χ0n) is 15.4. The average molecular weight is 383 g/mol. The van der Waals surface area contributed by atoms with Crippen molar-refractivity contribution in [2.24, 2.45) is 5.92 Å². The highest BCUT2D eigenvalue weighted by Gasteiger charge is 2.49. The van der Waals surface area contributed by atoms with Crippen LogP contribution in [0.3, 0.4) is 0 Å². The Morgan fingerprint density at radius 1 is 1.26 bits per heavy atom. The number of rotatable bonds is 8. The van der Waals surface area contributed by atoms with Gasteiger partial charge in [-0.1, -0.05) is 26.0 Å². The molecule has 0 spiro atoms. The number of urea groups is 1. The van der Waals surface area contributed by atoms with Crippen molar-refractivity contribution in [3.05, 3.63) is 29.8 Å². The summed E-state index contributed by atoms with van der Waals surface area (Å²) in [5, 5.41) is 5.23. The third kappa shape index (κ3) is 4.93. The Hall–Kier alpha value is -2.71. The van der Waals surface area contributed by atoms with Crippen LogP contribution in [0.15, 0.2) is 24.3 Å². The molecule has 1 atom stereocenters. The first kappa shape index (κ1) is 20.6. The SMILES string of the molecule is CC(C)CCNC(=O)CN1C(=O)N[C@@](C)(c2ccc(OC(F)F)cc2)C1=O. The number of hydrogen-bond donors (Lipinski definition) is 2. The van der Waals surface area contributed by atoms with Gasteiger partial charge in [-0.05, 0) is 37.0 Å². The molecule has 1 heterocycles. The van der Waals surface area contributed by atoms with Crippen molar-refractivity contribution >= 4 is 17.8 Å². The van der Waals surface area contributed by atoms with Gasteiger partial charge in [0.15, 0.2) is 0 Å². The Bertz CT molecular complexity index is 709. The molecule has 1 aromatic carbocycles. The molecule has 2 rings (SSSR count). The number of nitrogens with zero attached hydrogens (tertiary/aromatic N) is 1. The highest BCUT2D eigenvalue weighted by molar-refractivity contribution is 6.09. The Morgan fingerprint density at radius 3 is 2.44 bits per heavy atom. The van der Waals surface area contributed by atoms with Crippen molar-refractivity contribution in [1.82, 2.24) is 15.5 Å². The van der Waals surface area contributed by atoms with E-state index in [1.165, 1.54) is 31.2 Å². The fraction of sp³-hybridized carbons (Fsp3) is 0.500. The second-order valence-electron chi connectivity index (χ2n) is 6.88. The van der Waals surface area contributed by atoms with Crippen LogP contribution in [0.5, 0.6) is 5.75 Å². The van der Waals surface area contributed by atoms with Crippen LogP contribution in [0.4, 0.5) is 13.6 Å². The number of nitrogens with one attached hydrogen (secondary N) is 2. The molecule has 1 aliphatic heterocycles. The lowest BCUT2D eigenvalue weighted by molar-refractivity contribution is -0.134. The lowest BCUT2D eigenvalue weighted by Gasteiger charge is -2.22. The molecule has 0 unspecified atom stereocenters. The number of carbonyl (C=O) groups is 3. The van der Waals surface area contributed by atoms with E-state index in [1.54, 1.807) is 0 Å². The van der Waals surface area contributed by atoms with E-state index >= 15 is 0 Å². The van der Waals surface area contributed by atoms with E-state index in [2.05, 4.69) is 15.4 Å². The van der Waals surface area contributed by atoms with Crippen molar-refractivity contribution in [2.45, 2.75) is 39.3 Å². The summed E-state index contributed by atoms with van der Waals surface area (Å²) in [6, 6.07) is 4.72. The first-order valence-corrected chi connectivity index (χ1v) is 8.59. The Balaban J connectivity index is 2.06. The largest absolute Gasteiger partial charge is 0.435 e. The second-order valence-corrected chi connectivity index (χ2v) is 6.88. The summed E-state index contributed by atoms with van der Waals surface area (Å²) in [6.45, 7) is 2.66. The molecule has 9 heteroatoms. The van der Waals surface area contributed by atoms with Crippen molar-refractivity contribution in [3.63, 3.8) is 0 Å². The first-order chi connectivity index (χ1) is 12.6. The Morgan fingerprint density at radius 2 is 1.89 bits per heavy atom. The van der Waals surface area contributed by atoms with Gasteiger partial charge in [0.1, 0.15) is 17.8 Å². The minimum Gasteiger partial charge on any atom is -0.435 e. The Kier molecular flexibility index (Phi) is 6.35. The summed E-state index contributed by atoms with van der Waals surface area (Å²) in [7, 11) is 0. The average Bonchev–Trinajstić information content (AvgIpc) is 2.79. The highest BCUT2D eigenvalue weighted by Crippen LogP contribution is 2.30. The summed E-state index contributed by atoms with van der Waals surface area (Å²) < 4.78 is 28.7. The van der Waals surface area contributed by atoms with E-state index in [0.717, 1.165) is 11.3 Å². The number of amides is 4. The summed E-state index contributed by atoms with van der Waals surface area (Å²) in [4.78, 5) is 37.8. The van der Waals surface area contributed by atoms with Gasteiger partial charge in [-0.3, -0.25) is 14.5 Å². The van der Waals surface area contributed by atoms with Crippen LogP contribution >= 0.6 is 0 Å². The summed E-state index contributed by atoms with van der Waals surface area (Å²) in [5.74, 6) is -0.657. The number of carbonyl (C=O) groups excluding carboxylic acids is 3. The third-order valence-corrected chi connectivity index (χ3v) is 4.28. The van der Waals surface area contributed by atoms with Crippen molar-refractivity contribution in [3.8, 4) is 5.75 Å². The van der Waals surface area contributed by atoms with Gasteiger partial charge in [0.05, 0.1) is 0 Å². The predicted molar refractivity (Wildman–Crippen MR) is 93.1 cm³/mol. The molecule has 0 aromatic heterocycles. The number of halogens is 2. The molecule has 4 amide bonds. The molecular weight excluding hydrogens is 360 g/mol. The summed E-state index contributed by atoms with van der Waals surface area (Å²) >= 11 is 0. The van der Waals surface area contributed by atoms with E-state index < -0.39 is 30.0 Å². The van der Waals surface area contributed by atoms with Crippen molar-refractivity contribution in [1.29, 1.82) is 0 Å². The summed E-state index contributed by atoms with van der Waals surface area (Å²) in [5.41, 5.74) is -0.997. The fourth-order valence-electron chi connectivity index (χ4n) is 2.71. The summed E-state index contributed by atoms with van der Waals surface area (Å²) in [6.07, 6.45) is 0.788. The number of imide groups is 1. The van der Waals surface area contributed by atoms with E-state index in [4.69, 9.17) is 0 Å². The molecule has 0 aliphatic carbocycles. The lowest BCUT2D eigenvalue weighted by Crippen LogP contribution is -2.43. The molecule has 0 saturated carbocycles. The van der Waals surface area contributed by atoms with Crippen LogP contribution in [0.2, 0.25) is 0 Å². The molecule has 1 aliphatic rings. The lowest BCUT2D eigenvalue weighted by atomic mass is 9.92. The number of alkyl halides is 2. The van der Waals surface area contributed by atoms with Gasteiger partial charge in [0.25, 0.3) is 5.91 Å². The standard InChI is InChI=1S/C18H23F2N3O4/c1-11(2)8-9-21-14(24)10-23-15(25)18(3,22-17(23)26)12-4-6-13(7-5-12)27-16(19)20/h4-7,11,16H,8-10H2,1-3H3,(H,21,24)(H,22,26)/t18-/m0/s1. The second kappa shape index (κ2) is 8.32. The number of ether oxygens (including phenoxy) is 1. The zero-order valence-corrected chi connectivity index (χ0v) is 15.4. The van der Waals surface area contributed by atoms with Crippen LogP contribution in [0.1, 0.15) is 32.8 Å². The van der Waals surface area contributed by atoms with Gasteiger partial charge in [0, 0.05) is 6.54 Å². The number of hydrogen-bond acceptors (Lipinski definition) is 4. The fourth-order valence-corrected chi connectivity index (χ4v) is 2.71. The predicted octanol–water partition coefficient (Wildman–Crippen LogP) is 2.22. The van der Waals surface area contributed by atoms with Gasteiger partial charge in [-0.15, -0.1) is 0 Å². The number of benzene rings is 1. The zero-order chi connectivity index (χ0) is 20.2. The van der Waals surface area contributed by atoms with Gasteiger partial charge in [-0.25, -0.2) is 4.79 Å². The third-order valence-electron chi connectivity index (χ3n) is 4.28. The quantitative estimate of drug-likeness (QED) is 0.674. The first-order valence-electron chi connectivity index (χ1n) is 8.59. The van der Waals surface area contributed by atoms with Crippen LogP contribution in [0.25, 0.3) is 0 Å². The normalized spacial score (nSPS) is 19.6. The van der Waals surface area contributed by atoms with Gasteiger partial charge < -0.3 is 15.4 Å². The molecular formula is C18H23F2N3O4. The van der Waals surface area contributed by atoms with E-state index in [9.17, 15) is 23.2 Å². The minimum atomic E-state index is -2.95. The highest BCUT2D eigenvalue weighted by atomic mass is 19.3. The smallest absolute Gasteiger partial charge is 0.387 e. The van der Waals surface area contributed by atoms with Gasteiger partial charge in [-0.2, -0.15) is 8.78 Å². The van der Waals surface area contributed by atoms with Crippen LogP contribution in [0, 0.1) is 5.92 Å². The molecule has 1 aromatic rings. The molecule has 0 bridgehead atoms.